The number of fused-ring (bicyclic) bond motifs is 1. The van der Waals surface area contributed by atoms with E-state index in [9.17, 15) is 23.1 Å². The SMILES string of the molecule is CC(C)CN(C[C@@H](O)C(Cc1ccccc1)N(NC(=O)[C@@H]1CCCN1)C(=O)CC(C)(C)C)S(=O)(=O)c1ccc2c(c1)OCO2. The predicted molar refractivity (Wildman–Crippen MR) is 166 cm³/mol. The summed E-state index contributed by atoms with van der Waals surface area (Å²) in [5.74, 6) is 0.00769. The maximum Gasteiger partial charge on any atom is 0.255 e. The third-order valence-corrected chi connectivity index (χ3v) is 9.39. The third-order valence-electron chi connectivity index (χ3n) is 7.56. The van der Waals surface area contributed by atoms with Gasteiger partial charge in [-0.3, -0.25) is 15.0 Å². The molecule has 2 heterocycles. The molecular weight excluding hydrogens is 584 g/mol. The highest BCUT2D eigenvalue weighted by molar-refractivity contribution is 7.89. The van der Waals surface area contributed by atoms with E-state index in [2.05, 4.69) is 10.7 Å². The molecule has 2 aromatic carbocycles. The van der Waals surface area contributed by atoms with Gasteiger partial charge in [0, 0.05) is 25.6 Å². The van der Waals surface area contributed by atoms with E-state index in [1.807, 2.05) is 65.0 Å². The molecule has 3 atom stereocenters. The van der Waals surface area contributed by atoms with Gasteiger partial charge in [0.05, 0.1) is 23.1 Å². The summed E-state index contributed by atoms with van der Waals surface area (Å²) < 4.78 is 40.0. The van der Waals surface area contributed by atoms with E-state index in [1.165, 1.54) is 21.4 Å². The van der Waals surface area contributed by atoms with E-state index in [0.29, 0.717) is 24.5 Å². The number of carbonyl (C=O) groups is 2. The fourth-order valence-corrected chi connectivity index (χ4v) is 7.06. The minimum atomic E-state index is -4.09. The molecule has 1 saturated heterocycles. The quantitative estimate of drug-likeness (QED) is 0.305. The van der Waals surface area contributed by atoms with Crippen LogP contribution in [0.4, 0.5) is 0 Å². The van der Waals surface area contributed by atoms with Crippen LogP contribution < -0.4 is 20.2 Å². The molecule has 44 heavy (non-hydrogen) atoms. The zero-order valence-electron chi connectivity index (χ0n) is 26.3. The molecule has 0 spiro atoms. The average Bonchev–Trinajstić information content (AvgIpc) is 3.66. The lowest BCUT2D eigenvalue weighted by atomic mass is 9.91. The molecule has 2 aliphatic heterocycles. The highest BCUT2D eigenvalue weighted by Gasteiger charge is 2.38. The summed E-state index contributed by atoms with van der Waals surface area (Å²) in [5, 5.41) is 16.3. The summed E-state index contributed by atoms with van der Waals surface area (Å²) in [6.45, 7) is 10.1. The lowest BCUT2D eigenvalue weighted by Gasteiger charge is -2.38. The van der Waals surface area contributed by atoms with Crippen LogP contribution in [0.2, 0.25) is 0 Å². The van der Waals surface area contributed by atoms with Crippen LogP contribution in [-0.4, -0.2) is 79.3 Å². The molecule has 0 radical (unpaired) electrons. The highest BCUT2D eigenvalue weighted by Crippen LogP contribution is 2.35. The Morgan fingerprint density at radius 3 is 2.41 bits per heavy atom. The van der Waals surface area contributed by atoms with Crippen LogP contribution in [0.1, 0.15) is 59.4 Å². The number of aliphatic hydroxyl groups excluding tert-OH is 1. The first-order valence-electron chi connectivity index (χ1n) is 15.2. The van der Waals surface area contributed by atoms with E-state index in [1.54, 1.807) is 6.07 Å². The Hall–Kier alpha value is -3.19. The minimum Gasteiger partial charge on any atom is -0.454 e. The van der Waals surface area contributed by atoms with E-state index in [-0.39, 0.29) is 55.4 Å². The van der Waals surface area contributed by atoms with E-state index >= 15 is 0 Å². The highest BCUT2D eigenvalue weighted by atomic mass is 32.2. The number of hydrazine groups is 1. The average molecular weight is 631 g/mol. The monoisotopic (exact) mass is 630 g/mol. The lowest BCUT2D eigenvalue weighted by Crippen LogP contribution is -2.61. The van der Waals surface area contributed by atoms with Gasteiger partial charge in [-0.15, -0.1) is 0 Å². The van der Waals surface area contributed by atoms with Gasteiger partial charge >= 0.3 is 0 Å². The van der Waals surface area contributed by atoms with Crippen molar-refractivity contribution in [3.05, 3.63) is 54.1 Å². The Morgan fingerprint density at radius 1 is 1.07 bits per heavy atom. The molecule has 2 aromatic rings. The van der Waals surface area contributed by atoms with Crippen LogP contribution in [0, 0.1) is 11.3 Å². The molecule has 242 valence electrons. The molecule has 0 bridgehead atoms. The van der Waals surface area contributed by atoms with Crippen LogP contribution >= 0.6 is 0 Å². The molecule has 4 rings (SSSR count). The molecule has 3 N–H and O–H groups in total. The molecule has 1 unspecified atom stereocenters. The van der Waals surface area contributed by atoms with Crippen molar-refractivity contribution in [1.29, 1.82) is 0 Å². The van der Waals surface area contributed by atoms with Crippen molar-refractivity contribution >= 4 is 21.8 Å². The lowest BCUT2D eigenvalue weighted by molar-refractivity contribution is -0.150. The van der Waals surface area contributed by atoms with Crippen LogP contribution in [-0.2, 0) is 26.0 Å². The number of ether oxygens (including phenoxy) is 2. The van der Waals surface area contributed by atoms with Gasteiger partial charge in [-0.2, -0.15) is 4.31 Å². The van der Waals surface area contributed by atoms with Crippen molar-refractivity contribution in [2.75, 3.05) is 26.4 Å². The van der Waals surface area contributed by atoms with E-state index in [4.69, 9.17) is 9.47 Å². The van der Waals surface area contributed by atoms with Gasteiger partial charge in [0.2, 0.25) is 22.7 Å². The van der Waals surface area contributed by atoms with Crippen LogP contribution in [0.3, 0.4) is 0 Å². The Kier molecular flexibility index (Phi) is 10.9. The minimum absolute atomic E-state index is 0.00888. The molecule has 11 nitrogen and oxygen atoms in total. The van der Waals surface area contributed by atoms with Gasteiger partial charge in [-0.05, 0) is 54.8 Å². The first kappa shape index (κ1) is 33.7. The van der Waals surface area contributed by atoms with Gasteiger partial charge in [-0.1, -0.05) is 65.0 Å². The summed E-state index contributed by atoms with van der Waals surface area (Å²) in [6, 6.07) is 12.3. The molecule has 2 aliphatic rings. The number of amides is 2. The second-order valence-corrected chi connectivity index (χ2v) is 15.1. The van der Waals surface area contributed by atoms with E-state index < -0.39 is 33.6 Å². The van der Waals surface area contributed by atoms with Gasteiger partial charge in [-0.25, -0.2) is 13.4 Å². The summed E-state index contributed by atoms with van der Waals surface area (Å²) >= 11 is 0. The van der Waals surface area contributed by atoms with Crippen molar-refractivity contribution in [2.24, 2.45) is 11.3 Å². The Bertz CT molecular complexity index is 1390. The van der Waals surface area contributed by atoms with Crippen molar-refractivity contribution in [3.63, 3.8) is 0 Å². The maximum atomic E-state index is 14.0. The summed E-state index contributed by atoms with van der Waals surface area (Å²) in [6.07, 6.45) is 0.421. The number of sulfonamides is 1. The predicted octanol–water partition coefficient (Wildman–Crippen LogP) is 3.08. The van der Waals surface area contributed by atoms with E-state index in [0.717, 1.165) is 12.0 Å². The van der Waals surface area contributed by atoms with Gasteiger partial charge < -0.3 is 19.9 Å². The molecule has 0 aliphatic carbocycles. The first-order chi connectivity index (χ1) is 20.7. The van der Waals surface area contributed by atoms with Gasteiger partial charge in [0.1, 0.15) is 0 Å². The summed E-state index contributed by atoms with van der Waals surface area (Å²) in [4.78, 5) is 27.2. The number of hydrogen-bond acceptors (Lipinski definition) is 8. The fourth-order valence-electron chi connectivity index (χ4n) is 5.42. The number of nitrogens with one attached hydrogen (secondary N) is 2. The largest absolute Gasteiger partial charge is 0.454 e. The summed E-state index contributed by atoms with van der Waals surface area (Å²) in [5.41, 5.74) is 3.24. The second-order valence-electron chi connectivity index (χ2n) is 13.2. The molecule has 1 fully saturated rings. The van der Waals surface area contributed by atoms with Crippen molar-refractivity contribution in [3.8, 4) is 11.5 Å². The molecule has 12 heteroatoms. The molecular formula is C32H46N4O7S. The zero-order chi connectivity index (χ0) is 32.1. The second kappa shape index (κ2) is 14.3. The summed E-state index contributed by atoms with van der Waals surface area (Å²) in [7, 11) is -4.09. The van der Waals surface area contributed by atoms with Crippen LogP contribution in [0.25, 0.3) is 0 Å². The van der Waals surface area contributed by atoms with Crippen molar-refractivity contribution < 1.29 is 32.6 Å². The number of benzene rings is 2. The topological polar surface area (TPSA) is 138 Å². The number of nitrogens with zero attached hydrogens (tertiary/aromatic N) is 2. The van der Waals surface area contributed by atoms with Crippen molar-refractivity contribution in [1.82, 2.24) is 20.1 Å². The Labute approximate surface area is 260 Å². The zero-order valence-corrected chi connectivity index (χ0v) is 27.1. The third kappa shape index (κ3) is 8.71. The number of rotatable bonds is 12. The van der Waals surface area contributed by atoms with Gasteiger partial charge in [0.15, 0.2) is 11.5 Å². The standard InChI is InChI=1S/C32H46N4O7S/c1-22(2)19-35(44(40,41)24-13-14-28-29(17-24)43-21-42-28)20-27(37)26(16-23-10-7-6-8-11-23)36(30(38)18-32(3,4)5)34-31(39)25-12-9-15-33-25/h6-8,10-11,13-14,17,22,25-27,33,37H,9,12,15-16,18-21H2,1-5H3,(H,34,39)/t25-,26?,27+/m0/s1. The Morgan fingerprint density at radius 2 is 1.77 bits per heavy atom. The first-order valence-corrected chi connectivity index (χ1v) is 16.7. The maximum absolute atomic E-state index is 14.0. The van der Waals surface area contributed by atoms with Crippen LogP contribution in [0.15, 0.2) is 53.4 Å². The Balaban J connectivity index is 1.69. The van der Waals surface area contributed by atoms with Crippen molar-refractivity contribution in [2.45, 2.75) is 83.4 Å². The van der Waals surface area contributed by atoms with Crippen LogP contribution in [0.5, 0.6) is 11.5 Å². The molecule has 2 amide bonds. The fraction of sp³-hybridized carbons (Fsp3) is 0.562. The van der Waals surface area contributed by atoms with Gasteiger partial charge in [0.25, 0.3) is 5.91 Å². The smallest absolute Gasteiger partial charge is 0.255 e. The molecule has 0 saturated carbocycles. The normalized spacial score (nSPS) is 18.0. The molecule has 0 aromatic heterocycles. The number of hydrogen-bond donors (Lipinski definition) is 3. The number of aliphatic hydroxyl groups is 1. The number of carbonyl (C=O) groups excluding carboxylic acids is 2.